The van der Waals surface area contributed by atoms with Gasteiger partial charge in [-0.15, -0.1) is 0 Å². The summed E-state index contributed by atoms with van der Waals surface area (Å²) in [5.41, 5.74) is 0.439. The number of pyridine rings is 1. The van der Waals surface area contributed by atoms with Crippen LogP contribution in [0.5, 0.6) is 17.2 Å². The maximum absolute atomic E-state index is 12.5. The summed E-state index contributed by atoms with van der Waals surface area (Å²) in [5, 5.41) is 6.63. The van der Waals surface area contributed by atoms with Crippen molar-refractivity contribution in [3.05, 3.63) is 79.1 Å². The van der Waals surface area contributed by atoms with E-state index in [0.29, 0.717) is 28.1 Å². The third kappa shape index (κ3) is 6.33. The van der Waals surface area contributed by atoms with Gasteiger partial charge in [0.15, 0.2) is 22.4 Å². The third-order valence-electron chi connectivity index (χ3n) is 4.35. The summed E-state index contributed by atoms with van der Waals surface area (Å²) in [4.78, 5) is 33.3. The molecule has 4 aromatic rings. The van der Waals surface area contributed by atoms with E-state index in [1.54, 1.807) is 55.9 Å². The number of thiazole rings is 1. The lowest BCUT2D eigenvalue weighted by atomic mass is 10.2. The Balaban J connectivity index is 1.34. The zero-order valence-corrected chi connectivity index (χ0v) is 19.7. The van der Waals surface area contributed by atoms with Crippen molar-refractivity contribution in [3.63, 3.8) is 0 Å². The average Bonchev–Trinajstić information content (AvgIpc) is 3.27. The summed E-state index contributed by atoms with van der Waals surface area (Å²) < 4.78 is 12.1. The highest BCUT2D eigenvalue weighted by Crippen LogP contribution is 2.35. The molecule has 2 N–H and O–H groups in total. The largest absolute Gasteiger partial charge is 0.493 e. The van der Waals surface area contributed by atoms with E-state index in [4.69, 9.17) is 9.47 Å². The Kier molecular flexibility index (Phi) is 7.74. The molecule has 0 unspecified atom stereocenters. The normalized spacial score (nSPS) is 10.4. The molecule has 0 spiro atoms. The van der Waals surface area contributed by atoms with E-state index in [-0.39, 0.29) is 6.42 Å². The van der Waals surface area contributed by atoms with Gasteiger partial charge in [-0.25, -0.2) is 9.97 Å². The summed E-state index contributed by atoms with van der Waals surface area (Å²) in [6.45, 7) is 0. The number of para-hydroxylation sites is 4. The first-order chi connectivity index (χ1) is 16.6. The molecule has 0 aliphatic carbocycles. The van der Waals surface area contributed by atoms with Gasteiger partial charge >= 0.3 is 0 Å². The second kappa shape index (κ2) is 11.3. The Morgan fingerprint density at radius 2 is 1.59 bits per heavy atom. The van der Waals surface area contributed by atoms with Gasteiger partial charge in [-0.1, -0.05) is 53.4 Å². The van der Waals surface area contributed by atoms with E-state index >= 15 is 0 Å². The molecule has 0 radical (unpaired) electrons. The molecule has 2 amide bonds. The van der Waals surface area contributed by atoms with Crippen molar-refractivity contribution in [2.24, 2.45) is 0 Å². The van der Waals surface area contributed by atoms with Crippen LogP contribution < -0.4 is 20.1 Å². The number of nitrogens with zero attached hydrogens (tertiary/aromatic N) is 2. The molecule has 0 aliphatic rings. The number of carbonyl (C=O) groups is 2. The van der Waals surface area contributed by atoms with Gasteiger partial charge in [0.05, 0.1) is 23.2 Å². The fourth-order valence-electron chi connectivity index (χ4n) is 2.86. The number of benzene rings is 2. The van der Waals surface area contributed by atoms with Crippen molar-refractivity contribution in [1.29, 1.82) is 0 Å². The number of anilines is 2. The van der Waals surface area contributed by atoms with Gasteiger partial charge in [-0.05, 0) is 36.4 Å². The van der Waals surface area contributed by atoms with Crippen molar-refractivity contribution in [1.82, 2.24) is 9.97 Å². The second-order valence-corrected chi connectivity index (χ2v) is 9.13. The molecule has 2 heterocycles. The number of ether oxygens (including phenoxy) is 2. The minimum absolute atomic E-state index is 0.370. The molecule has 0 bridgehead atoms. The fraction of sp³-hybridized carbons (Fsp3) is 0.0833. The van der Waals surface area contributed by atoms with Gasteiger partial charge in [0.1, 0.15) is 11.4 Å². The van der Waals surface area contributed by atoms with E-state index < -0.39 is 11.8 Å². The topological polar surface area (TPSA) is 102 Å². The number of methoxy groups -OCH3 is 1. The molecule has 8 nitrogen and oxygen atoms in total. The highest BCUT2D eigenvalue weighted by Gasteiger charge is 2.15. The molecule has 4 rings (SSSR count). The van der Waals surface area contributed by atoms with Gasteiger partial charge in [0.25, 0.3) is 0 Å². The molecule has 10 heteroatoms. The molecular weight excluding hydrogens is 472 g/mol. The van der Waals surface area contributed by atoms with E-state index in [1.807, 2.05) is 30.3 Å². The maximum Gasteiger partial charge on any atom is 0.235 e. The fourth-order valence-corrected chi connectivity index (χ4v) is 4.66. The van der Waals surface area contributed by atoms with Gasteiger partial charge in [-0.3, -0.25) is 9.59 Å². The Hall–Kier alpha value is -3.89. The summed E-state index contributed by atoms with van der Waals surface area (Å²) in [6, 6.07) is 19.8. The van der Waals surface area contributed by atoms with Gasteiger partial charge in [-0.2, -0.15) is 0 Å². The number of hydrogen-bond acceptors (Lipinski definition) is 8. The van der Waals surface area contributed by atoms with Crippen LogP contribution in [0.1, 0.15) is 6.42 Å². The first-order valence-electron chi connectivity index (χ1n) is 10.1. The monoisotopic (exact) mass is 492 g/mol. The lowest BCUT2D eigenvalue weighted by Gasteiger charge is -2.14. The van der Waals surface area contributed by atoms with Crippen molar-refractivity contribution in [2.75, 3.05) is 17.7 Å². The van der Waals surface area contributed by atoms with Crippen LogP contribution >= 0.6 is 23.1 Å². The standard InChI is InChI=1S/C24H20N4O4S2/c1-31-18-10-4-5-11-19(18)32-17-9-3-2-8-16(17)27-20(29)14-21(30)28-24-26-15-23(34-24)33-22-12-6-7-13-25-22/h2-13,15H,14H2,1H3,(H,27,29)(H,26,28,30). The van der Waals surface area contributed by atoms with Crippen molar-refractivity contribution >= 4 is 45.7 Å². The van der Waals surface area contributed by atoms with Gasteiger partial charge < -0.3 is 20.1 Å². The zero-order chi connectivity index (χ0) is 23.8. The predicted octanol–water partition coefficient (Wildman–Crippen LogP) is 5.46. The average molecular weight is 493 g/mol. The van der Waals surface area contributed by atoms with Crippen LogP contribution in [-0.4, -0.2) is 28.9 Å². The van der Waals surface area contributed by atoms with E-state index in [1.165, 1.54) is 23.1 Å². The molecule has 0 saturated carbocycles. The van der Waals surface area contributed by atoms with Crippen LogP contribution in [0, 0.1) is 0 Å². The van der Waals surface area contributed by atoms with Gasteiger partial charge in [0, 0.05) is 6.20 Å². The first kappa shape index (κ1) is 23.3. The lowest BCUT2D eigenvalue weighted by molar-refractivity contribution is -0.123. The molecule has 34 heavy (non-hydrogen) atoms. The van der Waals surface area contributed by atoms with Crippen molar-refractivity contribution < 1.29 is 19.1 Å². The Labute approximate surface area is 204 Å². The number of rotatable bonds is 9. The Morgan fingerprint density at radius 3 is 2.35 bits per heavy atom. The smallest absolute Gasteiger partial charge is 0.235 e. The number of amides is 2. The number of aromatic nitrogens is 2. The Bertz CT molecular complexity index is 1280. The number of nitrogens with one attached hydrogen (secondary N) is 2. The van der Waals surface area contributed by atoms with Crippen molar-refractivity contribution in [2.45, 2.75) is 15.7 Å². The SMILES string of the molecule is COc1ccccc1Oc1ccccc1NC(=O)CC(=O)Nc1ncc(Sc2ccccn2)s1. The minimum Gasteiger partial charge on any atom is -0.493 e. The maximum atomic E-state index is 12.5. The third-order valence-corrected chi connectivity index (χ3v) is 6.31. The zero-order valence-electron chi connectivity index (χ0n) is 18.1. The first-order valence-corrected chi connectivity index (χ1v) is 11.8. The lowest BCUT2D eigenvalue weighted by Crippen LogP contribution is -2.21. The summed E-state index contributed by atoms with van der Waals surface area (Å²) in [7, 11) is 1.55. The van der Waals surface area contributed by atoms with Crippen LogP contribution in [-0.2, 0) is 9.59 Å². The van der Waals surface area contributed by atoms with Gasteiger partial charge in [0.2, 0.25) is 11.8 Å². The van der Waals surface area contributed by atoms with E-state index in [2.05, 4.69) is 20.6 Å². The second-order valence-electron chi connectivity index (χ2n) is 6.78. The van der Waals surface area contributed by atoms with Crippen LogP contribution in [0.4, 0.5) is 10.8 Å². The highest BCUT2D eigenvalue weighted by molar-refractivity contribution is 8.01. The molecule has 0 saturated heterocycles. The quantitative estimate of drug-likeness (QED) is 0.299. The number of carbonyl (C=O) groups excluding carboxylic acids is 2. The number of hydrogen-bond donors (Lipinski definition) is 2. The highest BCUT2D eigenvalue weighted by atomic mass is 32.2. The Morgan fingerprint density at radius 1 is 0.882 bits per heavy atom. The molecular formula is C24H20N4O4S2. The minimum atomic E-state index is -0.479. The molecule has 172 valence electrons. The van der Waals surface area contributed by atoms with Crippen molar-refractivity contribution in [3.8, 4) is 17.2 Å². The summed E-state index contributed by atoms with van der Waals surface area (Å²) >= 11 is 2.76. The predicted molar refractivity (Wildman–Crippen MR) is 132 cm³/mol. The molecule has 0 fully saturated rings. The molecule has 2 aromatic carbocycles. The van der Waals surface area contributed by atoms with E-state index in [9.17, 15) is 9.59 Å². The molecule has 0 aliphatic heterocycles. The molecule has 2 aromatic heterocycles. The van der Waals surface area contributed by atoms with Crippen LogP contribution in [0.3, 0.4) is 0 Å². The molecule has 0 atom stereocenters. The summed E-state index contributed by atoms with van der Waals surface area (Å²) in [6.07, 6.45) is 3.00. The van der Waals surface area contributed by atoms with Crippen LogP contribution in [0.15, 0.2) is 88.4 Å². The van der Waals surface area contributed by atoms with Crippen LogP contribution in [0.25, 0.3) is 0 Å². The van der Waals surface area contributed by atoms with Crippen LogP contribution in [0.2, 0.25) is 0 Å². The van der Waals surface area contributed by atoms with E-state index in [0.717, 1.165) is 9.24 Å². The summed E-state index contributed by atoms with van der Waals surface area (Å²) in [5.74, 6) is 0.550.